The van der Waals surface area contributed by atoms with E-state index in [2.05, 4.69) is 0 Å². The number of sulfonamides is 1. The molecule has 0 fully saturated rings. The molecule has 2 aromatic rings. The second-order valence-corrected chi connectivity index (χ2v) is 10.2. The summed E-state index contributed by atoms with van der Waals surface area (Å²) < 4.78 is 98.4. The largest absolute Gasteiger partial charge is 0.416 e. The molecule has 0 aliphatic carbocycles. The van der Waals surface area contributed by atoms with E-state index >= 15 is 0 Å². The zero-order valence-corrected chi connectivity index (χ0v) is 18.4. The molecule has 0 aliphatic rings. The normalized spacial score (nSPS) is 12.8. The van der Waals surface area contributed by atoms with E-state index in [1.54, 1.807) is 0 Å². The predicted octanol–water partition coefficient (Wildman–Crippen LogP) is 3.27. The smallest absolute Gasteiger partial charge is 0.385 e. The number of ether oxygens (including phenoxy) is 1. The maximum Gasteiger partial charge on any atom is 0.416 e. The molecular weight excluding hydrogens is 459 g/mol. The summed E-state index contributed by atoms with van der Waals surface area (Å²) in [6.07, 6.45) is -3.47. The number of alkyl halides is 3. The Kier molecular flexibility index (Phi) is 8.09. The van der Waals surface area contributed by atoms with E-state index in [1.807, 2.05) is 0 Å². The second kappa shape index (κ2) is 9.98. The first-order valence-corrected chi connectivity index (χ1v) is 12.2. The Morgan fingerprint density at radius 2 is 1.65 bits per heavy atom. The minimum absolute atomic E-state index is 0.00795. The van der Waals surface area contributed by atoms with Gasteiger partial charge in [-0.15, -0.1) is 0 Å². The highest BCUT2D eigenvalue weighted by molar-refractivity contribution is 7.89. The van der Waals surface area contributed by atoms with Gasteiger partial charge in [0, 0.05) is 26.8 Å². The molecule has 0 spiro atoms. The minimum Gasteiger partial charge on any atom is -0.385 e. The summed E-state index contributed by atoms with van der Waals surface area (Å²) in [5, 5.41) is 0. The quantitative estimate of drug-likeness (QED) is 0.382. The Bertz CT molecular complexity index is 1080. The van der Waals surface area contributed by atoms with Crippen molar-refractivity contribution in [3.05, 3.63) is 59.7 Å². The monoisotopic (exact) mass is 481 g/mol. The van der Waals surface area contributed by atoms with Gasteiger partial charge in [-0.1, -0.05) is 18.2 Å². The minimum atomic E-state index is -4.68. The molecule has 0 saturated carbocycles. The Hall–Kier alpha value is -2.15. The molecule has 0 bridgehead atoms. The van der Waals surface area contributed by atoms with Crippen molar-refractivity contribution in [1.82, 2.24) is 4.31 Å². The van der Waals surface area contributed by atoms with Crippen LogP contribution in [0, 0.1) is 0 Å². The molecule has 0 aliphatic heterocycles. The van der Waals surface area contributed by atoms with Crippen molar-refractivity contribution in [3.8, 4) is 5.75 Å². The van der Waals surface area contributed by atoms with Crippen molar-refractivity contribution >= 4 is 20.1 Å². The van der Waals surface area contributed by atoms with Crippen LogP contribution in [0.25, 0.3) is 0 Å². The zero-order valence-electron chi connectivity index (χ0n) is 16.8. The highest BCUT2D eigenvalue weighted by atomic mass is 32.2. The lowest BCUT2D eigenvalue weighted by atomic mass is 10.2. The van der Waals surface area contributed by atoms with Gasteiger partial charge in [-0.3, -0.25) is 0 Å². The van der Waals surface area contributed by atoms with Gasteiger partial charge in [-0.05, 0) is 42.3 Å². The molecule has 2 aromatic carbocycles. The highest BCUT2D eigenvalue weighted by Crippen LogP contribution is 2.31. The second-order valence-electron chi connectivity index (χ2n) is 6.64. The fourth-order valence-corrected chi connectivity index (χ4v) is 4.65. The number of methoxy groups -OCH3 is 1. The third-order valence-electron chi connectivity index (χ3n) is 4.08. The Balaban J connectivity index is 2.33. The molecule has 0 radical (unpaired) electrons. The summed E-state index contributed by atoms with van der Waals surface area (Å²) in [6.45, 7) is 0.130. The Labute approximate surface area is 179 Å². The number of benzene rings is 2. The van der Waals surface area contributed by atoms with Crippen LogP contribution in [0.4, 0.5) is 13.2 Å². The van der Waals surface area contributed by atoms with Gasteiger partial charge in [0.05, 0.1) is 16.7 Å². The molecule has 12 heteroatoms. The van der Waals surface area contributed by atoms with Gasteiger partial charge in [0.2, 0.25) is 10.0 Å². The molecule has 0 atom stereocenters. The van der Waals surface area contributed by atoms with Gasteiger partial charge >= 0.3 is 16.3 Å². The molecule has 31 heavy (non-hydrogen) atoms. The van der Waals surface area contributed by atoms with Crippen molar-refractivity contribution in [3.63, 3.8) is 0 Å². The van der Waals surface area contributed by atoms with Gasteiger partial charge < -0.3 is 8.92 Å². The standard InChI is InChI=1S/C19H22F3NO6S2/c1-28-12-4-11-23(14-15-7-9-17(10-8-15)29-30(2,24)25)31(26,27)18-6-3-5-16(13-18)19(20,21)22/h3,5-10,13H,4,11-12,14H2,1-2H3. The van der Waals surface area contributed by atoms with Crippen molar-refractivity contribution in [1.29, 1.82) is 0 Å². The van der Waals surface area contributed by atoms with Gasteiger partial charge in [0.15, 0.2) is 0 Å². The number of hydrogen-bond donors (Lipinski definition) is 0. The first kappa shape index (κ1) is 25.1. The van der Waals surface area contributed by atoms with Crippen LogP contribution in [-0.4, -0.2) is 47.7 Å². The first-order valence-electron chi connectivity index (χ1n) is 8.98. The van der Waals surface area contributed by atoms with Gasteiger partial charge in [0.25, 0.3) is 0 Å². The lowest BCUT2D eigenvalue weighted by molar-refractivity contribution is -0.137. The first-order chi connectivity index (χ1) is 14.3. The van der Waals surface area contributed by atoms with Gasteiger partial charge in [-0.2, -0.15) is 25.9 Å². The van der Waals surface area contributed by atoms with Crippen LogP contribution in [0.5, 0.6) is 5.75 Å². The van der Waals surface area contributed by atoms with E-state index in [9.17, 15) is 30.0 Å². The van der Waals surface area contributed by atoms with Crippen molar-refractivity contribution in [2.45, 2.75) is 24.0 Å². The third kappa shape index (κ3) is 7.49. The van der Waals surface area contributed by atoms with Crippen LogP contribution in [0.15, 0.2) is 53.4 Å². The number of nitrogens with zero attached hydrogens (tertiary/aromatic N) is 1. The average Bonchev–Trinajstić information content (AvgIpc) is 2.67. The number of hydrogen-bond acceptors (Lipinski definition) is 6. The van der Waals surface area contributed by atoms with Crippen LogP contribution in [0.3, 0.4) is 0 Å². The highest BCUT2D eigenvalue weighted by Gasteiger charge is 2.33. The number of rotatable bonds is 10. The molecule has 2 rings (SSSR count). The van der Waals surface area contributed by atoms with Crippen LogP contribution in [-0.2, 0) is 37.6 Å². The summed E-state index contributed by atoms with van der Waals surface area (Å²) in [5.74, 6) is 0.0536. The topological polar surface area (TPSA) is 90.0 Å². The Morgan fingerprint density at radius 3 is 2.19 bits per heavy atom. The summed E-state index contributed by atoms with van der Waals surface area (Å²) in [5.41, 5.74) is -0.568. The predicted molar refractivity (Wildman–Crippen MR) is 107 cm³/mol. The Morgan fingerprint density at radius 1 is 1.00 bits per heavy atom. The van der Waals surface area contributed by atoms with Gasteiger partial charge in [0.1, 0.15) is 5.75 Å². The fourth-order valence-electron chi connectivity index (χ4n) is 2.68. The maximum atomic E-state index is 13.1. The lowest BCUT2D eigenvalue weighted by Gasteiger charge is -2.23. The molecule has 0 N–H and O–H groups in total. The van der Waals surface area contributed by atoms with Crippen LogP contribution in [0.2, 0.25) is 0 Å². The van der Waals surface area contributed by atoms with Crippen LogP contribution >= 0.6 is 0 Å². The van der Waals surface area contributed by atoms with E-state index in [0.29, 0.717) is 18.1 Å². The summed E-state index contributed by atoms with van der Waals surface area (Å²) >= 11 is 0. The van der Waals surface area contributed by atoms with E-state index in [0.717, 1.165) is 28.8 Å². The SMILES string of the molecule is COCCCN(Cc1ccc(OS(C)(=O)=O)cc1)S(=O)(=O)c1cccc(C(F)(F)F)c1. The van der Waals surface area contributed by atoms with E-state index in [4.69, 9.17) is 8.92 Å². The number of halogens is 3. The van der Waals surface area contributed by atoms with E-state index in [1.165, 1.54) is 31.4 Å². The molecule has 172 valence electrons. The average molecular weight is 482 g/mol. The van der Waals surface area contributed by atoms with Gasteiger partial charge in [-0.25, -0.2) is 8.42 Å². The summed E-state index contributed by atoms with van der Waals surface area (Å²) in [7, 11) is -6.52. The third-order valence-corrected chi connectivity index (χ3v) is 6.42. The van der Waals surface area contributed by atoms with E-state index < -0.39 is 36.8 Å². The summed E-state index contributed by atoms with van der Waals surface area (Å²) in [6, 6.07) is 9.23. The van der Waals surface area contributed by atoms with Crippen molar-refractivity contribution in [2.24, 2.45) is 0 Å². The zero-order chi connectivity index (χ0) is 23.3. The molecule has 0 heterocycles. The molecule has 0 amide bonds. The molecule has 7 nitrogen and oxygen atoms in total. The molecule has 0 aromatic heterocycles. The summed E-state index contributed by atoms with van der Waals surface area (Å²) in [4.78, 5) is -0.475. The molecular formula is C19H22F3NO6S2. The van der Waals surface area contributed by atoms with Crippen LogP contribution < -0.4 is 4.18 Å². The fraction of sp³-hybridized carbons (Fsp3) is 0.368. The molecule has 0 saturated heterocycles. The lowest BCUT2D eigenvalue weighted by Crippen LogP contribution is -2.32. The van der Waals surface area contributed by atoms with Crippen molar-refractivity contribution < 1.29 is 38.9 Å². The van der Waals surface area contributed by atoms with E-state index in [-0.39, 0.29) is 25.4 Å². The van der Waals surface area contributed by atoms with Crippen LogP contribution in [0.1, 0.15) is 17.5 Å². The molecule has 0 unspecified atom stereocenters. The van der Waals surface area contributed by atoms with Crippen molar-refractivity contribution in [2.75, 3.05) is 26.5 Å². The maximum absolute atomic E-state index is 13.1.